The quantitative estimate of drug-likeness (QED) is 0.154. The number of hydrogen-bond acceptors (Lipinski definition) is 4. The van der Waals surface area contributed by atoms with Crippen LogP contribution in [0.25, 0.3) is 0 Å². The van der Waals surface area contributed by atoms with Crippen LogP contribution in [-0.4, -0.2) is 28.2 Å². The fraction of sp³-hybridized carbons (Fsp3) is 0.194. The summed E-state index contributed by atoms with van der Waals surface area (Å²) in [4.78, 5) is 0. The van der Waals surface area contributed by atoms with Crippen LogP contribution in [0.15, 0.2) is 152 Å². The Bertz CT molecular complexity index is 1250. The fourth-order valence-electron chi connectivity index (χ4n) is 5.45. The first-order valence-corrected chi connectivity index (χ1v) is 15.9. The Morgan fingerprint density at radius 1 is 0.548 bits per heavy atom. The molecule has 42 heavy (non-hydrogen) atoms. The molecule has 0 bridgehead atoms. The van der Waals surface area contributed by atoms with Gasteiger partial charge < -0.3 is 19.7 Å². The number of halogens is 1. The Morgan fingerprint density at radius 3 is 1.02 bits per heavy atom. The Labute approximate surface area is 264 Å². The van der Waals surface area contributed by atoms with Crippen molar-refractivity contribution >= 4 is 9.30 Å². The number of hydrogen-bond donors (Lipinski definition) is 2. The van der Waals surface area contributed by atoms with E-state index >= 15 is 0 Å². The van der Waals surface area contributed by atoms with Gasteiger partial charge in [0.05, 0.1) is 0 Å². The van der Waals surface area contributed by atoms with Gasteiger partial charge in [0.15, 0.2) is 5.79 Å². The molecule has 6 heteroatoms. The number of aliphatic hydroxyl groups is 2. The number of benzene rings is 4. The topological polar surface area (TPSA) is 58.9 Å². The van der Waals surface area contributed by atoms with Gasteiger partial charge in [0.25, 0.3) is 0 Å². The second-order valence-electron chi connectivity index (χ2n) is 10.4. The summed E-state index contributed by atoms with van der Waals surface area (Å²) in [7, 11) is 4.64. The van der Waals surface area contributed by atoms with Crippen molar-refractivity contribution < 1.29 is 39.1 Å². The van der Waals surface area contributed by atoms with Gasteiger partial charge in [0, 0.05) is 0 Å². The molecule has 0 aromatic heterocycles. The molecular weight excluding hydrogens is 580 g/mol. The predicted molar refractivity (Wildman–Crippen MR) is 163 cm³/mol. The van der Waals surface area contributed by atoms with Crippen molar-refractivity contribution in [3.63, 3.8) is 0 Å². The van der Waals surface area contributed by atoms with E-state index in [-0.39, 0.29) is 0 Å². The molecule has 0 saturated carbocycles. The molecule has 1 aliphatic rings. The van der Waals surface area contributed by atoms with Crippen molar-refractivity contribution in [3.8, 4) is 0 Å². The molecule has 1 saturated heterocycles. The first-order valence-electron chi connectivity index (χ1n) is 13.7. The average Bonchev–Trinajstić information content (AvgIpc) is 3.75. The monoisotopic (exact) mass is 614 g/mol. The van der Waals surface area contributed by atoms with Crippen molar-refractivity contribution in [1.82, 2.24) is 0 Å². The van der Waals surface area contributed by atoms with Crippen LogP contribution in [0, 0.1) is 0 Å². The van der Waals surface area contributed by atoms with Crippen LogP contribution in [0.1, 0.15) is 36.1 Å². The van der Waals surface area contributed by atoms with Crippen molar-refractivity contribution in [2.45, 2.75) is 43.0 Å². The van der Waals surface area contributed by atoms with E-state index in [1.807, 2.05) is 166 Å². The van der Waals surface area contributed by atoms with E-state index in [4.69, 9.17) is 9.47 Å². The van der Waals surface area contributed by atoms with E-state index in [1.165, 1.54) is 19.4 Å². The number of ether oxygens (including phenoxy) is 2. The van der Waals surface area contributed by atoms with Gasteiger partial charge in [-0.2, -0.15) is 18.2 Å². The Hall–Kier alpha value is -2.93. The molecule has 2 N–H and O–H groups in total. The molecule has 1 fully saturated rings. The van der Waals surface area contributed by atoms with Gasteiger partial charge in [-0.25, -0.2) is 12.1 Å². The van der Waals surface area contributed by atoms with E-state index in [9.17, 15) is 10.2 Å². The summed E-state index contributed by atoms with van der Waals surface area (Å²) in [6, 6.07) is 47.8. The van der Waals surface area contributed by atoms with Gasteiger partial charge in [-0.1, -0.05) is 121 Å². The third-order valence-corrected chi connectivity index (χ3v) is 7.33. The number of rotatable bonds is 6. The van der Waals surface area contributed by atoms with E-state index in [0.29, 0.717) is 22.3 Å². The summed E-state index contributed by atoms with van der Waals surface area (Å²) in [5.41, 5.74) is -0.564. The molecule has 0 aliphatic carbocycles. The van der Waals surface area contributed by atoms with Crippen LogP contribution >= 0.6 is 9.30 Å². The molecule has 1 heterocycles. The molecule has 5 aromatic carbocycles. The molecule has 214 valence electrons. The van der Waals surface area contributed by atoms with Crippen molar-refractivity contribution in [2.24, 2.45) is 0 Å². The Kier molecular flexibility index (Phi) is 11.0. The standard InChI is InChI=1S/C31H30O4.C5H5.ClH.Ti/c1-29(2)34-27(30(32,23-15-7-3-8-16-23)24-17-9-4-10-18-24)28(35-29)31(33,25-19-11-5-12-20-25)26-21-13-6-14-22-26;1-2-4-5-3-1;;/h3-22,27-28,32-33H,1-2H3;1-5H;1H;/q;-1;;+2/p-1/t27-,28-;;;/m1.../s1. The summed E-state index contributed by atoms with van der Waals surface area (Å²) in [5, 5.41) is 25.2. The van der Waals surface area contributed by atoms with E-state index < -0.39 is 29.2 Å². The summed E-state index contributed by atoms with van der Waals surface area (Å²) in [5.74, 6) is -1.05. The van der Waals surface area contributed by atoms with Gasteiger partial charge in [-0.15, -0.1) is 0 Å². The zero-order valence-corrected chi connectivity index (χ0v) is 26.0. The van der Waals surface area contributed by atoms with Crippen LogP contribution in [-0.2, 0) is 40.1 Å². The normalized spacial score (nSPS) is 17.7. The largest absolute Gasteiger partial charge is 0.214 e. The van der Waals surface area contributed by atoms with Crippen LogP contribution in [0.3, 0.4) is 0 Å². The maximum atomic E-state index is 12.6. The van der Waals surface area contributed by atoms with Gasteiger partial charge in [0.1, 0.15) is 23.4 Å². The van der Waals surface area contributed by atoms with Crippen molar-refractivity contribution in [1.29, 1.82) is 0 Å². The van der Waals surface area contributed by atoms with Gasteiger partial charge in [0.2, 0.25) is 0 Å². The first kappa shape index (κ1) is 32.0. The van der Waals surface area contributed by atoms with Crippen LogP contribution < -0.4 is 0 Å². The zero-order chi connectivity index (χ0) is 30.1. The maximum absolute atomic E-state index is 12.6. The average molecular weight is 615 g/mol. The summed E-state index contributed by atoms with van der Waals surface area (Å²) < 4.78 is 13.0. The molecule has 1 aliphatic heterocycles. The summed E-state index contributed by atoms with van der Waals surface area (Å²) >= 11 is 1.47. The van der Waals surface area contributed by atoms with Gasteiger partial charge in [-0.3, -0.25) is 0 Å². The molecule has 0 unspecified atom stereocenters. The van der Waals surface area contributed by atoms with E-state index in [2.05, 4.69) is 9.30 Å². The Balaban J connectivity index is 0.000000516. The second kappa shape index (κ2) is 14.5. The second-order valence-corrected chi connectivity index (χ2v) is 10.4. The minimum absolute atomic E-state index is 0.658. The molecule has 0 spiro atoms. The molecule has 6 rings (SSSR count). The zero-order valence-electron chi connectivity index (χ0n) is 23.7. The fourth-order valence-corrected chi connectivity index (χ4v) is 5.45. The van der Waals surface area contributed by atoms with Crippen LogP contribution in [0.5, 0.6) is 0 Å². The minimum Gasteiger partial charge on any atom is -0.214 e. The third kappa shape index (κ3) is 6.83. The third-order valence-electron chi connectivity index (χ3n) is 7.33. The van der Waals surface area contributed by atoms with E-state index in [0.717, 1.165) is 0 Å². The molecule has 0 radical (unpaired) electrons. The van der Waals surface area contributed by atoms with Gasteiger partial charge >= 0.3 is 28.7 Å². The van der Waals surface area contributed by atoms with Crippen molar-refractivity contribution in [3.05, 3.63) is 174 Å². The molecule has 0 amide bonds. The minimum atomic E-state index is -1.60. The Morgan fingerprint density at radius 2 is 0.810 bits per heavy atom. The van der Waals surface area contributed by atoms with Crippen LogP contribution in [0.4, 0.5) is 0 Å². The van der Waals surface area contributed by atoms with Gasteiger partial charge in [-0.05, 0) is 36.1 Å². The van der Waals surface area contributed by atoms with E-state index in [1.54, 1.807) is 0 Å². The SMILES string of the molecule is CC1(C)O[C@@H](C(O)(c2ccccc2)c2ccccc2)[C@H](C(O)(c2ccccc2)c2ccccc2)O1.[Cl][Ti+].c1cc[cH-]c1. The molecule has 5 aromatic rings. The van der Waals surface area contributed by atoms with Crippen LogP contribution in [0.2, 0.25) is 0 Å². The maximum Gasteiger partial charge on any atom is -0.172 e. The molecular formula is C36H35ClO4Ti. The summed E-state index contributed by atoms with van der Waals surface area (Å²) in [6.07, 6.45) is -1.87. The smallest absolute Gasteiger partial charge is 0.172 e. The summed E-state index contributed by atoms with van der Waals surface area (Å²) in [6.45, 7) is 3.62. The molecule has 4 nitrogen and oxygen atoms in total. The first-order chi connectivity index (χ1) is 20.4. The predicted octanol–water partition coefficient (Wildman–Crippen LogP) is 7.47. The van der Waals surface area contributed by atoms with Crippen molar-refractivity contribution in [2.75, 3.05) is 0 Å². The molecule has 2 atom stereocenters.